The van der Waals surface area contributed by atoms with E-state index in [0.29, 0.717) is 17.8 Å². The van der Waals surface area contributed by atoms with Crippen molar-refractivity contribution in [2.75, 3.05) is 18.9 Å². The molecule has 1 atom stereocenters. The van der Waals surface area contributed by atoms with Crippen LogP contribution < -0.4 is 21.5 Å². The van der Waals surface area contributed by atoms with Gasteiger partial charge in [0.2, 0.25) is 11.8 Å². The largest absolute Gasteiger partial charge is 0.354 e. The van der Waals surface area contributed by atoms with E-state index in [9.17, 15) is 18.8 Å². The summed E-state index contributed by atoms with van der Waals surface area (Å²) in [7, 11) is 1.64. The second kappa shape index (κ2) is 12.8. The lowest BCUT2D eigenvalue weighted by Gasteiger charge is -2.20. The number of benzene rings is 3. The number of carbonyl (C=O) groups is 2. The number of halogens is 1. The molecule has 1 unspecified atom stereocenters. The van der Waals surface area contributed by atoms with E-state index in [4.69, 9.17) is 0 Å². The number of hydrogen-bond donors (Lipinski definition) is 3. The van der Waals surface area contributed by atoms with Gasteiger partial charge in [0, 0.05) is 12.5 Å². The van der Waals surface area contributed by atoms with Gasteiger partial charge in [0.25, 0.3) is 5.56 Å². The topological polar surface area (TPSA) is 92.2 Å². The number of likely N-dealkylation sites (N-methyl/N-ethyl adjacent to an activating group) is 1. The number of nitrogens with zero attached hydrogens (tertiary/aromatic N) is 1. The van der Waals surface area contributed by atoms with E-state index in [1.807, 2.05) is 60.7 Å². The molecule has 0 aliphatic heterocycles. The highest BCUT2D eigenvalue weighted by Gasteiger charge is 2.19. The Morgan fingerprint density at radius 2 is 1.44 bits per heavy atom. The Balaban J connectivity index is 1.62. The lowest BCUT2D eigenvalue weighted by atomic mass is 9.91. The first kappa shape index (κ1) is 27.5. The smallest absolute Gasteiger partial charge is 0.275 e. The molecule has 0 aliphatic carbocycles. The van der Waals surface area contributed by atoms with E-state index in [1.165, 1.54) is 22.8 Å². The molecule has 200 valence electrons. The summed E-state index contributed by atoms with van der Waals surface area (Å²) in [6.45, 7) is 1.71. The van der Waals surface area contributed by atoms with Crippen molar-refractivity contribution in [3.05, 3.63) is 124 Å². The summed E-state index contributed by atoms with van der Waals surface area (Å²) >= 11 is 0. The molecule has 1 aromatic heterocycles. The Morgan fingerprint density at radius 3 is 2.00 bits per heavy atom. The van der Waals surface area contributed by atoms with E-state index in [2.05, 4.69) is 16.0 Å². The van der Waals surface area contributed by atoms with Gasteiger partial charge in [-0.1, -0.05) is 60.7 Å². The van der Waals surface area contributed by atoms with Gasteiger partial charge in [0.1, 0.15) is 18.0 Å². The van der Waals surface area contributed by atoms with Gasteiger partial charge in [-0.3, -0.25) is 19.0 Å². The monoisotopic (exact) mass is 526 g/mol. The first-order valence-electron chi connectivity index (χ1n) is 12.7. The van der Waals surface area contributed by atoms with E-state index >= 15 is 0 Å². The van der Waals surface area contributed by atoms with Crippen LogP contribution in [0.1, 0.15) is 24.0 Å². The van der Waals surface area contributed by atoms with Crippen LogP contribution in [0.25, 0.3) is 11.3 Å². The zero-order valence-corrected chi connectivity index (χ0v) is 21.9. The third-order valence-electron chi connectivity index (χ3n) is 6.61. The Labute approximate surface area is 226 Å². The van der Waals surface area contributed by atoms with Gasteiger partial charge in [0.15, 0.2) is 0 Å². The zero-order valence-electron chi connectivity index (χ0n) is 21.9. The van der Waals surface area contributed by atoms with E-state index in [0.717, 1.165) is 11.1 Å². The number of rotatable bonds is 10. The number of aromatic nitrogens is 1. The van der Waals surface area contributed by atoms with Crippen LogP contribution in [0.2, 0.25) is 0 Å². The second-order valence-electron chi connectivity index (χ2n) is 9.21. The fourth-order valence-electron chi connectivity index (χ4n) is 4.29. The van der Waals surface area contributed by atoms with Crippen LogP contribution in [0.5, 0.6) is 0 Å². The van der Waals surface area contributed by atoms with E-state index < -0.39 is 17.4 Å². The quantitative estimate of drug-likeness (QED) is 0.290. The lowest BCUT2D eigenvalue weighted by Crippen LogP contribution is -2.39. The van der Waals surface area contributed by atoms with Crippen LogP contribution in [0, 0.1) is 5.82 Å². The van der Waals surface area contributed by atoms with E-state index in [1.54, 1.807) is 32.2 Å². The first-order chi connectivity index (χ1) is 18.9. The summed E-state index contributed by atoms with van der Waals surface area (Å²) in [4.78, 5) is 39.1. The number of nitrogens with one attached hydrogen (secondary N) is 3. The Morgan fingerprint density at radius 1 is 0.846 bits per heavy atom. The van der Waals surface area contributed by atoms with Gasteiger partial charge < -0.3 is 16.0 Å². The molecular formula is C31H31FN4O3. The van der Waals surface area contributed by atoms with Gasteiger partial charge >= 0.3 is 0 Å². The van der Waals surface area contributed by atoms with Crippen LogP contribution in [0.4, 0.5) is 10.1 Å². The minimum absolute atomic E-state index is 0.0483. The Bertz CT molecular complexity index is 1430. The summed E-state index contributed by atoms with van der Waals surface area (Å²) < 4.78 is 14.9. The lowest BCUT2D eigenvalue weighted by molar-refractivity contribution is -0.121. The summed E-state index contributed by atoms with van der Waals surface area (Å²) in [5, 5.41) is 8.43. The molecule has 0 radical (unpaired) electrons. The van der Waals surface area contributed by atoms with Gasteiger partial charge in [0.05, 0.1) is 11.7 Å². The van der Waals surface area contributed by atoms with Crippen molar-refractivity contribution in [2.45, 2.75) is 25.4 Å². The van der Waals surface area contributed by atoms with Crippen molar-refractivity contribution in [3.8, 4) is 11.3 Å². The highest BCUT2D eigenvalue weighted by atomic mass is 19.1. The highest BCUT2D eigenvalue weighted by Crippen LogP contribution is 2.24. The van der Waals surface area contributed by atoms with Gasteiger partial charge in [-0.05, 0) is 67.1 Å². The minimum atomic E-state index is -0.536. The Hall–Kier alpha value is -4.56. The van der Waals surface area contributed by atoms with Gasteiger partial charge in [-0.15, -0.1) is 0 Å². The molecule has 8 heteroatoms. The zero-order chi connectivity index (χ0) is 27.8. The maximum absolute atomic E-state index is 13.6. The molecule has 0 saturated heterocycles. The van der Waals surface area contributed by atoms with Crippen molar-refractivity contribution in [1.29, 1.82) is 0 Å². The maximum Gasteiger partial charge on any atom is 0.275 e. The molecule has 1 heterocycles. The molecule has 7 nitrogen and oxygen atoms in total. The first-order valence-corrected chi connectivity index (χ1v) is 12.7. The summed E-state index contributed by atoms with van der Waals surface area (Å²) in [5.41, 5.74) is 2.61. The molecule has 0 bridgehead atoms. The predicted octanol–water partition coefficient (Wildman–Crippen LogP) is 4.15. The number of anilines is 1. The average molecular weight is 527 g/mol. The number of carbonyl (C=O) groups excluding carboxylic acids is 2. The maximum atomic E-state index is 13.6. The van der Waals surface area contributed by atoms with Crippen molar-refractivity contribution in [3.63, 3.8) is 0 Å². The van der Waals surface area contributed by atoms with Crippen LogP contribution in [-0.4, -0.2) is 36.0 Å². The number of pyridine rings is 1. The summed E-state index contributed by atoms with van der Waals surface area (Å²) in [6, 6.07) is 28.0. The molecule has 0 saturated carbocycles. The van der Waals surface area contributed by atoms with Crippen LogP contribution in [-0.2, 0) is 16.1 Å². The third kappa shape index (κ3) is 6.86. The molecule has 0 fully saturated rings. The normalized spacial score (nSPS) is 11.7. The van der Waals surface area contributed by atoms with Crippen LogP contribution in [0.3, 0.4) is 0 Å². The second-order valence-corrected chi connectivity index (χ2v) is 9.21. The summed E-state index contributed by atoms with van der Waals surface area (Å²) in [6.07, 6.45) is 0. The fourth-order valence-corrected chi connectivity index (χ4v) is 4.29. The van der Waals surface area contributed by atoms with Crippen molar-refractivity contribution < 1.29 is 14.0 Å². The average Bonchev–Trinajstić information content (AvgIpc) is 2.96. The molecule has 39 heavy (non-hydrogen) atoms. The highest BCUT2D eigenvalue weighted by molar-refractivity contribution is 5.94. The fraction of sp³-hybridized carbons (Fsp3) is 0.194. The third-order valence-corrected chi connectivity index (χ3v) is 6.61. The van der Waals surface area contributed by atoms with E-state index in [-0.39, 0.29) is 30.0 Å². The number of amides is 2. The van der Waals surface area contributed by atoms with Crippen molar-refractivity contribution in [1.82, 2.24) is 15.2 Å². The molecule has 0 aliphatic rings. The summed E-state index contributed by atoms with van der Waals surface area (Å²) in [5.74, 6) is -1.25. The standard InChI is InChI=1S/C31H31FN4O3/c1-21(33-2)30(38)35-27-17-18-28(24-13-15-25(32)16-14-24)36(31(27)39)20-29(37)34-19-26(22-9-5-3-6-10-22)23-11-7-4-8-12-23/h3-18,21,26,33H,19-20H2,1-2H3,(H,34,37)(H,35,38). The van der Waals surface area contributed by atoms with Gasteiger partial charge in [-0.2, -0.15) is 0 Å². The van der Waals surface area contributed by atoms with Crippen LogP contribution >= 0.6 is 0 Å². The molecule has 3 aromatic carbocycles. The van der Waals surface area contributed by atoms with Crippen LogP contribution in [0.15, 0.2) is 102 Å². The van der Waals surface area contributed by atoms with Crippen molar-refractivity contribution >= 4 is 17.5 Å². The molecule has 0 spiro atoms. The molecule has 2 amide bonds. The molecular weight excluding hydrogens is 495 g/mol. The predicted molar refractivity (Wildman–Crippen MR) is 151 cm³/mol. The number of hydrogen-bond acceptors (Lipinski definition) is 4. The van der Waals surface area contributed by atoms with Gasteiger partial charge in [-0.25, -0.2) is 4.39 Å². The molecule has 3 N–H and O–H groups in total. The minimum Gasteiger partial charge on any atom is -0.354 e. The SMILES string of the molecule is CNC(C)C(=O)Nc1ccc(-c2ccc(F)cc2)n(CC(=O)NCC(c2ccccc2)c2ccccc2)c1=O. The molecule has 4 rings (SSSR count). The van der Waals surface area contributed by atoms with Crippen molar-refractivity contribution in [2.24, 2.45) is 0 Å². The Kier molecular flexibility index (Phi) is 9.01. The molecule has 4 aromatic rings.